The first kappa shape index (κ1) is 17.9. The van der Waals surface area contributed by atoms with Crippen molar-refractivity contribution < 1.29 is 0 Å². The Hall–Kier alpha value is -3.90. The Bertz CT molecular complexity index is 1410. The van der Waals surface area contributed by atoms with Crippen LogP contribution in [0.15, 0.2) is 121 Å². The highest BCUT2D eigenvalue weighted by Crippen LogP contribution is 2.43. The minimum atomic E-state index is 0.282. The topological polar surface area (TPSA) is 0 Å². The first-order valence-corrected chi connectivity index (χ1v) is 10.8. The molecule has 0 N–H and O–H groups in total. The van der Waals surface area contributed by atoms with Gasteiger partial charge in [-0.15, -0.1) is 0 Å². The molecule has 0 bridgehead atoms. The van der Waals surface area contributed by atoms with E-state index in [-0.39, 0.29) is 5.92 Å². The van der Waals surface area contributed by atoms with Gasteiger partial charge in [0, 0.05) is 5.92 Å². The molecule has 0 aromatic heterocycles. The van der Waals surface area contributed by atoms with Gasteiger partial charge in [0.05, 0.1) is 0 Å². The lowest BCUT2D eigenvalue weighted by Crippen LogP contribution is -1.99. The fourth-order valence-corrected chi connectivity index (χ4v) is 4.85. The Kier molecular flexibility index (Phi) is 4.28. The van der Waals surface area contributed by atoms with Crippen LogP contribution < -0.4 is 0 Å². The molecule has 31 heavy (non-hydrogen) atoms. The third-order valence-electron chi connectivity index (χ3n) is 6.38. The van der Waals surface area contributed by atoms with Gasteiger partial charge in [0.15, 0.2) is 0 Å². The molecule has 0 saturated heterocycles. The SMILES string of the molecule is C1=CC(c2ccc3ccccc3c2-c2ccc(-c3ccccc3)cc2)c2ccccc21. The summed E-state index contributed by atoms with van der Waals surface area (Å²) in [7, 11) is 0. The molecule has 0 amide bonds. The number of allylic oxidation sites excluding steroid dienone is 1. The van der Waals surface area contributed by atoms with Crippen molar-refractivity contribution in [2.24, 2.45) is 0 Å². The lowest BCUT2D eigenvalue weighted by Gasteiger charge is -2.19. The smallest absolute Gasteiger partial charge is 0.0285 e. The third-order valence-corrected chi connectivity index (χ3v) is 6.38. The zero-order chi connectivity index (χ0) is 20.6. The van der Waals surface area contributed by atoms with E-state index in [1.807, 2.05) is 0 Å². The van der Waals surface area contributed by atoms with Crippen LogP contribution in [0.2, 0.25) is 0 Å². The number of fused-ring (bicyclic) bond motifs is 2. The summed E-state index contributed by atoms with van der Waals surface area (Å²) < 4.78 is 0. The number of hydrogen-bond acceptors (Lipinski definition) is 0. The Labute approximate surface area is 183 Å². The Morgan fingerprint density at radius 1 is 0.452 bits per heavy atom. The highest BCUT2D eigenvalue weighted by molar-refractivity contribution is 5.99. The number of rotatable bonds is 3. The summed E-state index contributed by atoms with van der Waals surface area (Å²) in [6.45, 7) is 0. The molecular weight excluding hydrogens is 372 g/mol. The van der Waals surface area contributed by atoms with Gasteiger partial charge in [-0.3, -0.25) is 0 Å². The molecule has 0 saturated carbocycles. The molecule has 0 aliphatic heterocycles. The van der Waals surface area contributed by atoms with Crippen molar-refractivity contribution in [2.45, 2.75) is 5.92 Å². The minimum absolute atomic E-state index is 0.282. The van der Waals surface area contributed by atoms with Crippen LogP contribution >= 0.6 is 0 Å². The molecule has 5 aromatic rings. The third kappa shape index (κ3) is 3.08. The van der Waals surface area contributed by atoms with Gasteiger partial charge in [-0.2, -0.15) is 0 Å². The second-order valence-electron chi connectivity index (χ2n) is 8.16. The van der Waals surface area contributed by atoms with E-state index in [0.717, 1.165) is 0 Å². The molecule has 0 fully saturated rings. The molecule has 1 unspecified atom stereocenters. The summed E-state index contributed by atoms with van der Waals surface area (Å²) in [6, 6.07) is 41.7. The monoisotopic (exact) mass is 394 g/mol. The Morgan fingerprint density at radius 3 is 2.00 bits per heavy atom. The standard InChI is InChI=1S/C31H22/c1-2-8-22(9-3-1)23-14-16-26(17-15-23)31-28-13-7-5-11-25(28)19-21-30(31)29-20-18-24-10-4-6-12-27(24)29/h1-21,29H. The van der Waals surface area contributed by atoms with Gasteiger partial charge in [-0.05, 0) is 49.7 Å². The minimum Gasteiger partial charge on any atom is -0.0720 e. The van der Waals surface area contributed by atoms with Crippen molar-refractivity contribution in [3.05, 3.63) is 138 Å². The lowest BCUT2D eigenvalue weighted by molar-refractivity contribution is 1.06. The van der Waals surface area contributed by atoms with Crippen LogP contribution in [0.4, 0.5) is 0 Å². The van der Waals surface area contributed by atoms with Crippen molar-refractivity contribution in [1.29, 1.82) is 0 Å². The molecule has 1 aliphatic carbocycles. The van der Waals surface area contributed by atoms with E-state index >= 15 is 0 Å². The van der Waals surface area contributed by atoms with Crippen molar-refractivity contribution in [3.63, 3.8) is 0 Å². The van der Waals surface area contributed by atoms with Gasteiger partial charge >= 0.3 is 0 Å². The van der Waals surface area contributed by atoms with Crippen LogP contribution in [0.1, 0.15) is 22.6 Å². The average Bonchev–Trinajstić information content (AvgIpc) is 3.28. The summed E-state index contributed by atoms with van der Waals surface area (Å²) in [5.41, 5.74) is 9.18. The van der Waals surface area contributed by atoms with Crippen molar-refractivity contribution in [2.75, 3.05) is 0 Å². The summed E-state index contributed by atoms with van der Waals surface area (Å²) in [5, 5.41) is 2.59. The van der Waals surface area contributed by atoms with E-state index in [0.29, 0.717) is 0 Å². The van der Waals surface area contributed by atoms with Crippen LogP contribution in [0, 0.1) is 0 Å². The predicted octanol–water partition coefficient (Wildman–Crippen LogP) is 8.33. The first-order chi connectivity index (χ1) is 15.4. The highest BCUT2D eigenvalue weighted by Gasteiger charge is 2.23. The maximum Gasteiger partial charge on any atom is 0.0285 e. The van der Waals surface area contributed by atoms with Gasteiger partial charge in [0.25, 0.3) is 0 Å². The molecular formula is C31H22. The maximum absolute atomic E-state index is 2.34. The fraction of sp³-hybridized carbons (Fsp3) is 0.0323. The van der Waals surface area contributed by atoms with Gasteiger partial charge in [0.2, 0.25) is 0 Å². The van der Waals surface area contributed by atoms with Crippen LogP contribution in [-0.4, -0.2) is 0 Å². The fourth-order valence-electron chi connectivity index (χ4n) is 4.85. The maximum atomic E-state index is 2.34. The molecule has 6 rings (SSSR count). The van der Waals surface area contributed by atoms with Crippen LogP contribution in [0.3, 0.4) is 0 Å². The van der Waals surface area contributed by atoms with E-state index in [9.17, 15) is 0 Å². The van der Waals surface area contributed by atoms with E-state index in [1.165, 1.54) is 49.7 Å². The molecule has 0 radical (unpaired) electrons. The first-order valence-electron chi connectivity index (χ1n) is 10.8. The zero-order valence-electron chi connectivity index (χ0n) is 17.2. The molecule has 5 aromatic carbocycles. The molecule has 1 atom stereocenters. The normalized spacial score (nSPS) is 14.6. The molecule has 1 aliphatic rings. The predicted molar refractivity (Wildman–Crippen MR) is 132 cm³/mol. The van der Waals surface area contributed by atoms with E-state index in [4.69, 9.17) is 0 Å². The van der Waals surface area contributed by atoms with Crippen LogP contribution in [0.25, 0.3) is 39.1 Å². The summed E-state index contributed by atoms with van der Waals surface area (Å²) >= 11 is 0. The second kappa shape index (κ2) is 7.41. The van der Waals surface area contributed by atoms with Gasteiger partial charge < -0.3 is 0 Å². The Morgan fingerprint density at radius 2 is 1.13 bits per heavy atom. The average molecular weight is 395 g/mol. The van der Waals surface area contributed by atoms with E-state index in [1.54, 1.807) is 0 Å². The molecule has 0 heteroatoms. The van der Waals surface area contributed by atoms with Gasteiger partial charge in [-0.25, -0.2) is 0 Å². The summed E-state index contributed by atoms with van der Waals surface area (Å²) in [5.74, 6) is 0.282. The second-order valence-corrected chi connectivity index (χ2v) is 8.16. The van der Waals surface area contributed by atoms with E-state index < -0.39 is 0 Å². The zero-order valence-corrected chi connectivity index (χ0v) is 17.2. The molecule has 0 heterocycles. The largest absolute Gasteiger partial charge is 0.0720 e. The van der Waals surface area contributed by atoms with Crippen molar-refractivity contribution >= 4 is 16.8 Å². The summed E-state index contributed by atoms with van der Waals surface area (Å²) in [6.07, 6.45) is 4.61. The Balaban J connectivity index is 1.54. The quantitative estimate of drug-likeness (QED) is 0.288. The van der Waals surface area contributed by atoms with Crippen molar-refractivity contribution in [1.82, 2.24) is 0 Å². The molecule has 146 valence electrons. The van der Waals surface area contributed by atoms with Crippen LogP contribution in [0.5, 0.6) is 0 Å². The number of hydrogen-bond donors (Lipinski definition) is 0. The van der Waals surface area contributed by atoms with Gasteiger partial charge in [-0.1, -0.05) is 127 Å². The van der Waals surface area contributed by atoms with Crippen LogP contribution in [-0.2, 0) is 0 Å². The molecule has 0 spiro atoms. The lowest BCUT2D eigenvalue weighted by atomic mass is 9.84. The highest BCUT2D eigenvalue weighted by atomic mass is 14.3. The van der Waals surface area contributed by atoms with E-state index in [2.05, 4.69) is 127 Å². The van der Waals surface area contributed by atoms with Gasteiger partial charge in [0.1, 0.15) is 0 Å². The summed E-state index contributed by atoms with van der Waals surface area (Å²) in [4.78, 5) is 0. The van der Waals surface area contributed by atoms with Crippen molar-refractivity contribution in [3.8, 4) is 22.3 Å². The molecule has 0 nitrogen and oxygen atoms in total. The number of benzene rings is 5.